The van der Waals surface area contributed by atoms with Crippen molar-refractivity contribution in [2.75, 3.05) is 13.7 Å². The van der Waals surface area contributed by atoms with Gasteiger partial charge in [-0.2, -0.15) is 0 Å². The molecule has 0 spiro atoms. The summed E-state index contributed by atoms with van der Waals surface area (Å²) in [7, 11) is 1.61. The molecule has 1 heterocycles. The number of hydrogen-bond acceptors (Lipinski definition) is 3. The van der Waals surface area contributed by atoms with E-state index in [-0.39, 0.29) is 11.9 Å². The minimum atomic E-state index is -1.10. The molecule has 2 atom stereocenters. The van der Waals surface area contributed by atoms with Crippen LogP contribution in [0.15, 0.2) is 24.3 Å². The summed E-state index contributed by atoms with van der Waals surface area (Å²) in [5.74, 6) is 5.72. The number of rotatable bonds is 3. The SMILES string of the molecule is CC#CC(=O)N1CCC[C@@H]1[C@@](C)(O)c1ccc(OC)cc1. The molecule has 1 aliphatic heterocycles. The van der Waals surface area contributed by atoms with Crippen LogP contribution in [0.4, 0.5) is 0 Å². The molecule has 1 aromatic carbocycles. The van der Waals surface area contributed by atoms with Crippen LogP contribution in [0.5, 0.6) is 5.75 Å². The number of methoxy groups -OCH3 is 1. The molecule has 1 fully saturated rings. The Bertz CT molecular complexity index is 566. The van der Waals surface area contributed by atoms with Gasteiger partial charge in [-0.1, -0.05) is 18.1 Å². The molecule has 0 bridgehead atoms. The second kappa shape index (κ2) is 6.19. The molecule has 1 aliphatic rings. The maximum absolute atomic E-state index is 12.1. The summed E-state index contributed by atoms with van der Waals surface area (Å²) in [4.78, 5) is 13.7. The average molecular weight is 287 g/mol. The summed E-state index contributed by atoms with van der Waals surface area (Å²) < 4.78 is 5.13. The van der Waals surface area contributed by atoms with Crippen LogP contribution in [-0.2, 0) is 10.4 Å². The van der Waals surface area contributed by atoms with Gasteiger partial charge in [0.15, 0.2) is 0 Å². The first-order valence-electron chi connectivity index (χ1n) is 7.11. The topological polar surface area (TPSA) is 49.8 Å². The Kier molecular flexibility index (Phi) is 4.54. The van der Waals surface area contributed by atoms with Gasteiger partial charge in [-0.3, -0.25) is 4.79 Å². The number of amides is 1. The van der Waals surface area contributed by atoms with Crippen LogP contribution in [0.3, 0.4) is 0 Å². The molecule has 0 saturated carbocycles. The standard InChI is InChI=1S/C17H21NO3/c1-4-6-16(19)18-12-5-7-15(18)17(2,20)13-8-10-14(21-3)11-9-13/h8-11,15,20H,5,7,12H2,1-3H3/t15-,17+/m1/s1. The Morgan fingerprint density at radius 2 is 2.10 bits per heavy atom. The molecule has 0 unspecified atom stereocenters. The fourth-order valence-electron chi connectivity index (χ4n) is 2.89. The molecule has 0 aliphatic carbocycles. The van der Waals surface area contributed by atoms with Crippen molar-refractivity contribution in [1.29, 1.82) is 0 Å². The van der Waals surface area contributed by atoms with Crippen LogP contribution in [0.1, 0.15) is 32.3 Å². The van der Waals surface area contributed by atoms with Gasteiger partial charge < -0.3 is 14.7 Å². The van der Waals surface area contributed by atoms with E-state index in [0.29, 0.717) is 6.54 Å². The van der Waals surface area contributed by atoms with Crippen molar-refractivity contribution in [3.05, 3.63) is 29.8 Å². The zero-order valence-corrected chi connectivity index (χ0v) is 12.7. The van der Waals surface area contributed by atoms with E-state index < -0.39 is 5.60 Å². The summed E-state index contributed by atoms with van der Waals surface area (Å²) in [6, 6.07) is 7.06. The van der Waals surface area contributed by atoms with Gasteiger partial charge >= 0.3 is 0 Å². The molecular formula is C17H21NO3. The van der Waals surface area contributed by atoms with Crippen molar-refractivity contribution in [2.45, 2.75) is 38.3 Å². The highest BCUT2D eigenvalue weighted by atomic mass is 16.5. The maximum atomic E-state index is 12.1. The monoisotopic (exact) mass is 287 g/mol. The molecule has 4 nitrogen and oxygen atoms in total. The van der Waals surface area contributed by atoms with Gasteiger partial charge in [0.1, 0.15) is 11.4 Å². The maximum Gasteiger partial charge on any atom is 0.298 e. The highest BCUT2D eigenvalue weighted by Gasteiger charge is 2.42. The van der Waals surface area contributed by atoms with Gasteiger partial charge in [0.2, 0.25) is 0 Å². The predicted octanol–water partition coefficient (Wildman–Crippen LogP) is 1.92. The lowest BCUT2D eigenvalue weighted by molar-refractivity contribution is -0.131. The zero-order valence-electron chi connectivity index (χ0n) is 12.7. The minimum Gasteiger partial charge on any atom is -0.497 e. The Balaban J connectivity index is 2.27. The van der Waals surface area contributed by atoms with E-state index in [1.807, 2.05) is 24.3 Å². The van der Waals surface area contributed by atoms with E-state index in [0.717, 1.165) is 24.2 Å². The van der Waals surface area contributed by atoms with Gasteiger partial charge in [0.25, 0.3) is 5.91 Å². The molecule has 0 aromatic heterocycles. The first kappa shape index (κ1) is 15.4. The molecule has 1 amide bonds. The summed E-state index contributed by atoms with van der Waals surface area (Å²) in [5, 5.41) is 11.0. The molecule has 4 heteroatoms. The molecule has 1 aromatic rings. The lowest BCUT2D eigenvalue weighted by Crippen LogP contribution is -2.47. The molecular weight excluding hydrogens is 266 g/mol. The van der Waals surface area contributed by atoms with Gasteiger partial charge in [-0.25, -0.2) is 0 Å². The fourth-order valence-corrected chi connectivity index (χ4v) is 2.89. The normalized spacial score (nSPS) is 20.4. The largest absolute Gasteiger partial charge is 0.497 e. The fraction of sp³-hybridized carbons (Fsp3) is 0.471. The Labute approximate surface area is 125 Å². The summed E-state index contributed by atoms with van der Waals surface area (Å²) in [5.41, 5.74) is -0.328. The third kappa shape index (κ3) is 3.03. The lowest BCUT2D eigenvalue weighted by Gasteiger charge is -2.36. The second-order valence-corrected chi connectivity index (χ2v) is 5.41. The van der Waals surface area contributed by atoms with Crippen LogP contribution < -0.4 is 4.74 Å². The smallest absolute Gasteiger partial charge is 0.298 e. The minimum absolute atomic E-state index is 0.214. The quantitative estimate of drug-likeness (QED) is 0.864. The van der Waals surface area contributed by atoms with Gasteiger partial charge in [-0.15, -0.1) is 0 Å². The van der Waals surface area contributed by atoms with Crippen LogP contribution in [-0.4, -0.2) is 35.6 Å². The Morgan fingerprint density at radius 3 is 2.67 bits per heavy atom. The number of hydrogen-bond donors (Lipinski definition) is 1. The summed E-state index contributed by atoms with van der Waals surface area (Å²) in [6.07, 6.45) is 1.66. The zero-order chi connectivity index (χ0) is 15.5. The number of aliphatic hydroxyl groups is 1. The van der Waals surface area contributed by atoms with E-state index in [1.54, 1.807) is 25.9 Å². The van der Waals surface area contributed by atoms with Crippen LogP contribution in [0.2, 0.25) is 0 Å². The first-order chi connectivity index (χ1) is 10.0. The van der Waals surface area contributed by atoms with E-state index in [4.69, 9.17) is 4.74 Å². The van der Waals surface area contributed by atoms with E-state index in [9.17, 15) is 9.90 Å². The highest BCUT2D eigenvalue weighted by Crippen LogP contribution is 2.35. The van der Waals surface area contributed by atoms with Crippen molar-refractivity contribution >= 4 is 5.91 Å². The van der Waals surface area contributed by atoms with E-state index >= 15 is 0 Å². The van der Waals surface area contributed by atoms with Crippen molar-refractivity contribution in [3.63, 3.8) is 0 Å². The average Bonchev–Trinajstić information content (AvgIpc) is 2.98. The van der Waals surface area contributed by atoms with Crippen molar-refractivity contribution in [2.24, 2.45) is 0 Å². The molecule has 112 valence electrons. The third-order valence-corrected chi connectivity index (χ3v) is 4.07. The highest BCUT2D eigenvalue weighted by molar-refractivity contribution is 5.94. The molecule has 2 rings (SSSR count). The predicted molar refractivity (Wildman–Crippen MR) is 80.7 cm³/mol. The van der Waals surface area contributed by atoms with Crippen molar-refractivity contribution in [3.8, 4) is 17.6 Å². The second-order valence-electron chi connectivity index (χ2n) is 5.41. The van der Waals surface area contributed by atoms with Crippen LogP contribution in [0.25, 0.3) is 0 Å². The summed E-state index contributed by atoms with van der Waals surface area (Å²) in [6.45, 7) is 4.04. The molecule has 21 heavy (non-hydrogen) atoms. The van der Waals surface area contributed by atoms with Gasteiger partial charge in [-0.05, 0) is 50.3 Å². The van der Waals surface area contributed by atoms with Crippen molar-refractivity contribution in [1.82, 2.24) is 4.90 Å². The van der Waals surface area contributed by atoms with Crippen molar-refractivity contribution < 1.29 is 14.6 Å². The van der Waals surface area contributed by atoms with Crippen LogP contribution in [0, 0.1) is 11.8 Å². The third-order valence-electron chi connectivity index (χ3n) is 4.07. The number of ether oxygens (including phenoxy) is 1. The number of carbonyl (C=O) groups is 1. The number of likely N-dealkylation sites (tertiary alicyclic amines) is 1. The number of nitrogens with zero attached hydrogens (tertiary/aromatic N) is 1. The van der Waals surface area contributed by atoms with E-state index in [1.165, 1.54) is 0 Å². The van der Waals surface area contributed by atoms with Gasteiger partial charge in [0.05, 0.1) is 13.2 Å². The molecule has 1 saturated heterocycles. The lowest BCUT2D eigenvalue weighted by atomic mass is 9.86. The van der Waals surface area contributed by atoms with Gasteiger partial charge in [0, 0.05) is 6.54 Å². The summed E-state index contributed by atoms with van der Waals surface area (Å²) >= 11 is 0. The van der Waals surface area contributed by atoms with E-state index in [2.05, 4.69) is 11.8 Å². The Morgan fingerprint density at radius 1 is 1.43 bits per heavy atom. The number of carbonyl (C=O) groups excluding carboxylic acids is 1. The first-order valence-corrected chi connectivity index (χ1v) is 7.11. The molecule has 1 N–H and O–H groups in total. The van der Waals surface area contributed by atoms with Crippen LogP contribution >= 0.6 is 0 Å². The molecule has 0 radical (unpaired) electrons. The number of benzene rings is 1. The Hall–Kier alpha value is -1.99.